The Labute approximate surface area is 173 Å². The normalized spacial score (nSPS) is 15.2. The lowest BCUT2D eigenvalue weighted by Crippen LogP contribution is -2.47. The van der Waals surface area contributed by atoms with Gasteiger partial charge in [-0.2, -0.15) is 0 Å². The van der Waals surface area contributed by atoms with Crippen LogP contribution in [0.1, 0.15) is 0 Å². The fourth-order valence-electron chi connectivity index (χ4n) is 2.82. The maximum absolute atomic E-state index is 13.0. The van der Waals surface area contributed by atoms with E-state index in [4.69, 9.17) is 9.15 Å². The van der Waals surface area contributed by atoms with Crippen LogP contribution in [0.2, 0.25) is 0 Å². The molecule has 7 N–H and O–H groups in total. The molecule has 31 heavy (non-hydrogen) atoms. The highest BCUT2D eigenvalue weighted by Gasteiger charge is 2.33. The second kappa shape index (κ2) is 8.62. The van der Waals surface area contributed by atoms with Crippen molar-refractivity contribution in [2.24, 2.45) is 0 Å². The van der Waals surface area contributed by atoms with Gasteiger partial charge in [0.25, 0.3) is 0 Å². The first kappa shape index (κ1) is 22.1. The van der Waals surface area contributed by atoms with Crippen LogP contribution in [0.4, 0.5) is 0 Å². The highest BCUT2D eigenvalue weighted by Crippen LogP contribution is 2.36. The Morgan fingerprint density at radius 1 is 0.903 bits per heavy atom. The van der Waals surface area contributed by atoms with Gasteiger partial charge in [-0.3, -0.25) is 4.79 Å². The van der Waals surface area contributed by atoms with E-state index in [1.54, 1.807) is 0 Å². The summed E-state index contributed by atoms with van der Waals surface area (Å²) in [6, 6.07) is 7.13. The van der Waals surface area contributed by atoms with Crippen molar-refractivity contribution in [2.45, 2.75) is 24.6 Å². The SMILES string of the molecule is O=CC(O)C(O)C(O)C(O)Oc1c(-c2ccc(O)cc2)oc2cc(O)cc(O)c2c1=O. The van der Waals surface area contributed by atoms with Crippen LogP contribution < -0.4 is 10.2 Å². The Morgan fingerprint density at radius 2 is 1.55 bits per heavy atom. The standard InChI is InChI=1S/C20H18O11/c21-7-12(25)15(26)17(28)20(29)31-19-16(27)14-11(24)5-10(23)6-13(14)30-18(19)8-1-3-9(22)4-2-8/h1-7,12,15,17,20,22-26,28-29H. The van der Waals surface area contributed by atoms with Gasteiger partial charge in [0.2, 0.25) is 17.5 Å². The van der Waals surface area contributed by atoms with Crippen LogP contribution in [0.5, 0.6) is 23.0 Å². The van der Waals surface area contributed by atoms with Crippen LogP contribution in [0.3, 0.4) is 0 Å². The number of aliphatic hydroxyl groups is 4. The minimum atomic E-state index is -2.31. The van der Waals surface area contributed by atoms with Crippen molar-refractivity contribution in [2.75, 3.05) is 0 Å². The predicted octanol–water partition coefficient (Wildman–Crippen LogP) is -0.444. The van der Waals surface area contributed by atoms with Crippen LogP contribution in [-0.2, 0) is 4.79 Å². The van der Waals surface area contributed by atoms with Gasteiger partial charge in [-0.1, -0.05) is 0 Å². The molecule has 11 heteroatoms. The van der Waals surface area contributed by atoms with Gasteiger partial charge in [-0.25, -0.2) is 0 Å². The lowest BCUT2D eigenvalue weighted by molar-refractivity contribution is -0.166. The van der Waals surface area contributed by atoms with Crippen LogP contribution >= 0.6 is 0 Å². The molecule has 0 spiro atoms. The van der Waals surface area contributed by atoms with Gasteiger partial charge in [-0.05, 0) is 24.3 Å². The second-order valence-electron chi connectivity index (χ2n) is 6.59. The number of phenolic OH excluding ortho intramolecular Hbond substituents is 3. The summed E-state index contributed by atoms with van der Waals surface area (Å²) in [4.78, 5) is 23.6. The molecular weight excluding hydrogens is 416 g/mol. The van der Waals surface area contributed by atoms with E-state index in [-0.39, 0.29) is 28.9 Å². The van der Waals surface area contributed by atoms with E-state index in [0.717, 1.165) is 12.1 Å². The topological polar surface area (TPSA) is 198 Å². The molecule has 0 radical (unpaired) electrons. The summed E-state index contributed by atoms with van der Waals surface area (Å²) in [7, 11) is 0. The number of aliphatic hydroxyl groups excluding tert-OH is 4. The molecule has 2 aromatic carbocycles. The van der Waals surface area contributed by atoms with Gasteiger partial charge >= 0.3 is 0 Å². The molecule has 0 aliphatic carbocycles. The number of rotatable bonds is 7. The fourth-order valence-corrected chi connectivity index (χ4v) is 2.82. The highest BCUT2D eigenvalue weighted by molar-refractivity contribution is 5.88. The molecule has 0 amide bonds. The zero-order chi connectivity index (χ0) is 22.9. The van der Waals surface area contributed by atoms with Gasteiger partial charge in [0.05, 0.1) is 0 Å². The number of phenols is 3. The zero-order valence-electron chi connectivity index (χ0n) is 15.6. The van der Waals surface area contributed by atoms with E-state index in [0.29, 0.717) is 0 Å². The maximum atomic E-state index is 13.0. The predicted molar refractivity (Wildman–Crippen MR) is 104 cm³/mol. The van der Waals surface area contributed by atoms with Crippen molar-refractivity contribution in [1.29, 1.82) is 0 Å². The van der Waals surface area contributed by atoms with Crippen molar-refractivity contribution in [3.63, 3.8) is 0 Å². The van der Waals surface area contributed by atoms with Crippen molar-refractivity contribution < 1.29 is 49.7 Å². The molecule has 164 valence electrons. The molecule has 3 rings (SSSR count). The Kier molecular flexibility index (Phi) is 6.13. The highest BCUT2D eigenvalue weighted by atomic mass is 16.6. The number of fused-ring (bicyclic) bond motifs is 1. The van der Waals surface area contributed by atoms with Gasteiger partial charge in [0, 0.05) is 17.7 Å². The molecule has 4 unspecified atom stereocenters. The van der Waals surface area contributed by atoms with Crippen LogP contribution in [0, 0.1) is 0 Å². The Morgan fingerprint density at radius 3 is 2.16 bits per heavy atom. The summed E-state index contributed by atoms with van der Waals surface area (Å²) in [5.41, 5.74) is -1.06. The minimum Gasteiger partial charge on any atom is -0.508 e. The molecule has 3 aromatic rings. The molecule has 1 heterocycles. The van der Waals surface area contributed by atoms with E-state index in [1.165, 1.54) is 24.3 Å². The number of aldehydes is 1. The summed E-state index contributed by atoms with van der Waals surface area (Å²) in [6.45, 7) is 0. The average molecular weight is 434 g/mol. The maximum Gasteiger partial charge on any atom is 0.239 e. The largest absolute Gasteiger partial charge is 0.508 e. The van der Waals surface area contributed by atoms with E-state index in [2.05, 4.69) is 0 Å². The van der Waals surface area contributed by atoms with Crippen molar-refractivity contribution in [3.8, 4) is 34.3 Å². The molecular formula is C20H18O11. The van der Waals surface area contributed by atoms with Gasteiger partial charge in [0.15, 0.2) is 12.0 Å². The molecule has 1 aromatic heterocycles. The Bertz CT molecular complexity index is 1150. The van der Waals surface area contributed by atoms with Crippen LogP contribution in [-0.4, -0.2) is 66.6 Å². The summed E-state index contributed by atoms with van der Waals surface area (Å²) in [6.07, 6.45) is -8.76. The third-order valence-corrected chi connectivity index (χ3v) is 4.42. The Balaban J connectivity index is 2.17. The summed E-state index contributed by atoms with van der Waals surface area (Å²) in [5.74, 6) is -2.17. The molecule has 0 saturated carbocycles. The van der Waals surface area contributed by atoms with Gasteiger partial charge in [-0.15, -0.1) is 0 Å². The number of hydrogen-bond acceptors (Lipinski definition) is 11. The van der Waals surface area contributed by atoms with Gasteiger partial charge < -0.3 is 49.7 Å². The minimum absolute atomic E-state index is 0.0720. The second-order valence-corrected chi connectivity index (χ2v) is 6.59. The number of carbonyl (C=O) groups excluding carboxylic acids is 1. The molecule has 0 fully saturated rings. The quantitative estimate of drug-likeness (QED) is 0.188. The van der Waals surface area contributed by atoms with Crippen molar-refractivity contribution in [3.05, 3.63) is 46.6 Å². The first-order valence-corrected chi connectivity index (χ1v) is 8.80. The Hall–Kier alpha value is -3.64. The van der Waals surface area contributed by atoms with E-state index in [1.807, 2.05) is 0 Å². The molecule has 4 atom stereocenters. The van der Waals surface area contributed by atoms with E-state index in [9.17, 15) is 45.3 Å². The molecule has 0 aliphatic rings. The smallest absolute Gasteiger partial charge is 0.239 e. The summed E-state index contributed by atoms with van der Waals surface area (Å²) in [5, 5.41) is 67.9. The number of ether oxygens (including phenoxy) is 1. The first-order valence-electron chi connectivity index (χ1n) is 8.80. The zero-order valence-corrected chi connectivity index (χ0v) is 15.6. The van der Waals surface area contributed by atoms with Crippen molar-refractivity contribution in [1.82, 2.24) is 0 Å². The van der Waals surface area contributed by atoms with Gasteiger partial charge in [0.1, 0.15) is 46.5 Å². The molecule has 11 nitrogen and oxygen atoms in total. The third kappa shape index (κ3) is 4.29. The third-order valence-electron chi connectivity index (χ3n) is 4.42. The number of hydrogen-bond donors (Lipinski definition) is 7. The van der Waals surface area contributed by atoms with Crippen LogP contribution in [0.25, 0.3) is 22.3 Å². The number of carbonyl (C=O) groups is 1. The monoisotopic (exact) mass is 434 g/mol. The summed E-state index contributed by atoms with van der Waals surface area (Å²) < 4.78 is 10.7. The van der Waals surface area contributed by atoms with Crippen LogP contribution in [0.15, 0.2) is 45.6 Å². The number of aromatic hydroxyl groups is 3. The lowest BCUT2D eigenvalue weighted by Gasteiger charge is -2.25. The van der Waals surface area contributed by atoms with E-state index < -0.39 is 52.7 Å². The number of benzene rings is 2. The molecule has 0 bridgehead atoms. The molecule has 0 saturated heterocycles. The van der Waals surface area contributed by atoms with E-state index >= 15 is 0 Å². The summed E-state index contributed by atoms with van der Waals surface area (Å²) >= 11 is 0. The molecule has 0 aliphatic heterocycles. The lowest BCUT2D eigenvalue weighted by atomic mass is 10.1. The first-order chi connectivity index (χ1) is 14.6. The fraction of sp³-hybridized carbons (Fsp3) is 0.200. The average Bonchev–Trinajstić information content (AvgIpc) is 2.73. The van der Waals surface area contributed by atoms with Crippen molar-refractivity contribution >= 4 is 17.3 Å².